The van der Waals surface area contributed by atoms with E-state index >= 15 is 0 Å². The number of hydrogen-bond acceptors (Lipinski definition) is 4. The molecule has 0 radical (unpaired) electrons. The molecule has 5 nitrogen and oxygen atoms in total. The summed E-state index contributed by atoms with van der Waals surface area (Å²) in [6.45, 7) is 0. The number of anilines is 1. The van der Waals surface area contributed by atoms with Crippen molar-refractivity contribution in [3.63, 3.8) is 0 Å². The van der Waals surface area contributed by atoms with Crippen LogP contribution in [0.15, 0.2) is 18.2 Å². The van der Waals surface area contributed by atoms with E-state index in [0.717, 1.165) is 12.1 Å². The van der Waals surface area contributed by atoms with E-state index in [9.17, 15) is 23.3 Å². The molecular formula is C7H7ClF3N3O2. The third kappa shape index (κ3) is 2.74. The van der Waals surface area contributed by atoms with E-state index in [1.54, 1.807) is 0 Å². The van der Waals surface area contributed by atoms with Crippen LogP contribution in [0.1, 0.15) is 5.56 Å². The lowest BCUT2D eigenvalue weighted by atomic mass is 10.1. The zero-order valence-electron chi connectivity index (χ0n) is 7.62. The van der Waals surface area contributed by atoms with Crippen molar-refractivity contribution < 1.29 is 18.1 Å². The Balaban J connectivity index is 0.00000225. The summed E-state index contributed by atoms with van der Waals surface area (Å²) >= 11 is 0. The maximum Gasteiger partial charge on any atom is 0.423 e. The fourth-order valence-corrected chi connectivity index (χ4v) is 1.09. The average Bonchev–Trinajstić information content (AvgIpc) is 2.15. The Morgan fingerprint density at radius 1 is 1.38 bits per heavy atom. The number of nitrogens with two attached hydrogens (primary N) is 1. The van der Waals surface area contributed by atoms with Crippen molar-refractivity contribution >= 4 is 23.8 Å². The van der Waals surface area contributed by atoms with Gasteiger partial charge in [0, 0.05) is 0 Å². The first kappa shape index (κ1) is 14.5. The number of nitro groups is 1. The van der Waals surface area contributed by atoms with E-state index < -0.39 is 22.4 Å². The number of rotatable bonds is 2. The highest BCUT2D eigenvalue weighted by atomic mass is 35.5. The van der Waals surface area contributed by atoms with E-state index in [1.807, 2.05) is 5.43 Å². The van der Waals surface area contributed by atoms with E-state index in [2.05, 4.69) is 0 Å². The number of hydrazine groups is 1. The van der Waals surface area contributed by atoms with Crippen LogP contribution >= 0.6 is 12.4 Å². The maximum atomic E-state index is 12.4. The molecule has 1 aromatic carbocycles. The molecule has 0 amide bonds. The summed E-state index contributed by atoms with van der Waals surface area (Å²) in [6.07, 6.45) is -4.78. The molecule has 0 saturated heterocycles. The van der Waals surface area contributed by atoms with Gasteiger partial charge in [0.05, 0.1) is 4.92 Å². The second-order valence-corrected chi connectivity index (χ2v) is 2.60. The number of alkyl halides is 3. The molecule has 0 spiro atoms. The highest BCUT2D eigenvalue weighted by Crippen LogP contribution is 2.39. The van der Waals surface area contributed by atoms with Crippen LogP contribution in [0.5, 0.6) is 0 Å². The standard InChI is InChI=1S/C7H6F3N3O2.ClH/c8-7(9,10)4-2-1-3-5(12-11)6(4)13(14)15;/h1-3,12H,11H2;1H. The lowest BCUT2D eigenvalue weighted by Gasteiger charge is -2.09. The van der Waals surface area contributed by atoms with Gasteiger partial charge in [-0.2, -0.15) is 13.2 Å². The summed E-state index contributed by atoms with van der Waals surface area (Å²) in [7, 11) is 0. The number of para-hydroxylation sites is 1. The highest BCUT2D eigenvalue weighted by Gasteiger charge is 2.39. The van der Waals surface area contributed by atoms with Gasteiger partial charge < -0.3 is 5.43 Å². The molecule has 0 aliphatic carbocycles. The molecule has 1 rings (SSSR count). The number of nitro benzene ring substituents is 1. The van der Waals surface area contributed by atoms with E-state index in [0.29, 0.717) is 6.07 Å². The highest BCUT2D eigenvalue weighted by molar-refractivity contribution is 5.85. The quantitative estimate of drug-likeness (QED) is 0.484. The van der Waals surface area contributed by atoms with Crippen molar-refractivity contribution in [3.8, 4) is 0 Å². The molecule has 0 aliphatic rings. The van der Waals surface area contributed by atoms with Crippen molar-refractivity contribution in [2.75, 3.05) is 5.43 Å². The Hall–Kier alpha value is -1.54. The van der Waals surface area contributed by atoms with Crippen LogP contribution in [-0.4, -0.2) is 4.92 Å². The predicted octanol–water partition coefficient (Wildman–Crippen LogP) is 2.32. The van der Waals surface area contributed by atoms with Crippen LogP contribution in [0.3, 0.4) is 0 Å². The number of nitrogens with one attached hydrogen (secondary N) is 1. The van der Waals surface area contributed by atoms with Crippen molar-refractivity contribution in [1.82, 2.24) is 0 Å². The minimum Gasteiger partial charge on any atom is -0.318 e. The molecule has 0 unspecified atom stereocenters. The number of hydrogen-bond donors (Lipinski definition) is 2. The average molecular weight is 258 g/mol. The fraction of sp³-hybridized carbons (Fsp3) is 0.143. The van der Waals surface area contributed by atoms with Gasteiger partial charge in [-0.1, -0.05) is 6.07 Å². The van der Waals surface area contributed by atoms with Crippen LogP contribution in [0.2, 0.25) is 0 Å². The Labute approximate surface area is 94.0 Å². The molecule has 90 valence electrons. The topological polar surface area (TPSA) is 81.2 Å². The van der Waals surface area contributed by atoms with Crippen LogP contribution < -0.4 is 11.3 Å². The SMILES string of the molecule is Cl.NNc1cccc(C(F)(F)F)c1[N+](=O)[O-]. The maximum absolute atomic E-state index is 12.4. The first-order valence-electron chi connectivity index (χ1n) is 3.69. The van der Waals surface area contributed by atoms with Gasteiger partial charge in [0.2, 0.25) is 0 Å². The summed E-state index contributed by atoms with van der Waals surface area (Å²) in [5, 5.41) is 10.5. The monoisotopic (exact) mass is 257 g/mol. The van der Waals surface area contributed by atoms with Crippen LogP contribution in [0.25, 0.3) is 0 Å². The van der Waals surface area contributed by atoms with Gasteiger partial charge in [-0.25, -0.2) is 0 Å². The van der Waals surface area contributed by atoms with E-state index in [-0.39, 0.29) is 18.1 Å². The summed E-state index contributed by atoms with van der Waals surface area (Å²) in [4.78, 5) is 9.33. The molecule has 0 fully saturated rings. The molecule has 0 bridgehead atoms. The minimum absolute atomic E-state index is 0. The number of benzene rings is 1. The Bertz CT molecular complexity index is 397. The Kier molecular flexibility index (Phi) is 4.51. The van der Waals surface area contributed by atoms with Crippen LogP contribution in [0.4, 0.5) is 24.5 Å². The lowest BCUT2D eigenvalue weighted by Crippen LogP contribution is -2.14. The summed E-state index contributed by atoms with van der Waals surface area (Å²) in [6, 6.07) is 2.75. The Morgan fingerprint density at radius 3 is 2.31 bits per heavy atom. The van der Waals surface area contributed by atoms with Gasteiger partial charge in [-0.05, 0) is 12.1 Å². The largest absolute Gasteiger partial charge is 0.423 e. The zero-order chi connectivity index (χ0) is 11.6. The molecule has 0 heterocycles. The number of nitrogens with zero attached hydrogens (tertiary/aromatic N) is 1. The molecular weight excluding hydrogens is 251 g/mol. The second kappa shape index (κ2) is 4.99. The fourth-order valence-electron chi connectivity index (χ4n) is 1.09. The first-order valence-corrected chi connectivity index (χ1v) is 3.69. The molecule has 9 heteroatoms. The Morgan fingerprint density at radius 2 is 1.94 bits per heavy atom. The molecule has 0 aromatic heterocycles. The van der Waals surface area contributed by atoms with Gasteiger partial charge in [-0.15, -0.1) is 12.4 Å². The van der Waals surface area contributed by atoms with Gasteiger partial charge in [0.1, 0.15) is 11.3 Å². The minimum atomic E-state index is -4.78. The molecule has 16 heavy (non-hydrogen) atoms. The first-order chi connectivity index (χ1) is 6.88. The van der Waals surface area contributed by atoms with E-state index in [1.165, 1.54) is 0 Å². The summed E-state index contributed by atoms with van der Waals surface area (Å²) < 4.78 is 37.1. The predicted molar refractivity (Wildman–Crippen MR) is 53.2 cm³/mol. The van der Waals surface area contributed by atoms with Gasteiger partial charge in [0.15, 0.2) is 0 Å². The van der Waals surface area contributed by atoms with Crippen molar-refractivity contribution in [1.29, 1.82) is 0 Å². The second-order valence-electron chi connectivity index (χ2n) is 2.60. The van der Waals surface area contributed by atoms with Crippen molar-refractivity contribution in [2.24, 2.45) is 5.84 Å². The zero-order valence-corrected chi connectivity index (χ0v) is 8.43. The molecule has 0 aliphatic heterocycles. The summed E-state index contributed by atoms with van der Waals surface area (Å²) in [5.74, 6) is 4.88. The smallest absolute Gasteiger partial charge is 0.318 e. The molecule has 0 saturated carbocycles. The van der Waals surface area contributed by atoms with Crippen molar-refractivity contribution in [2.45, 2.75) is 6.18 Å². The molecule has 1 aromatic rings. The third-order valence-electron chi connectivity index (χ3n) is 1.68. The van der Waals surface area contributed by atoms with Gasteiger partial charge in [-0.3, -0.25) is 16.0 Å². The molecule has 0 atom stereocenters. The third-order valence-corrected chi connectivity index (χ3v) is 1.68. The van der Waals surface area contributed by atoms with Crippen molar-refractivity contribution in [3.05, 3.63) is 33.9 Å². The number of halogens is 4. The van der Waals surface area contributed by atoms with Gasteiger partial charge in [0.25, 0.3) is 0 Å². The normalized spacial score (nSPS) is 10.5. The lowest BCUT2D eigenvalue weighted by molar-refractivity contribution is -0.387. The number of nitrogen functional groups attached to an aromatic ring is 1. The van der Waals surface area contributed by atoms with E-state index in [4.69, 9.17) is 5.84 Å². The van der Waals surface area contributed by atoms with Gasteiger partial charge >= 0.3 is 11.9 Å². The van der Waals surface area contributed by atoms with Crippen LogP contribution in [-0.2, 0) is 6.18 Å². The van der Waals surface area contributed by atoms with Crippen LogP contribution in [0, 0.1) is 10.1 Å². The molecule has 3 N–H and O–H groups in total. The summed E-state index contributed by atoms with van der Waals surface area (Å²) in [5.41, 5.74) is -0.939.